The fraction of sp³-hybridized carbons (Fsp3) is 0.467. The second kappa shape index (κ2) is 12.7. The highest BCUT2D eigenvalue weighted by molar-refractivity contribution is 6.46. The van der Waals surface area contributed by atoms with Gasteiger partial charge in [0.2, 0.25) is 0 Å². The number of aliphatic hydroxyl groups is 1. The Kier molecular flexibility index (Phi) is 9.71. The standard InChI is InChI=1S/C30H40N2O4/c1-6-20-36-25-16-14-24(15-17-25)28(33)26-27(23-12-10-22(11-13-23)21(4)5)32(30(35)29(26)34)19-9-18-31(7-2)8-3/h10-17,21,27,33H,6-9,18-20H2,1-5H3. The molecule has 1 saturated heterocycles. The number of ether oxygens (including phenoxy) is 1. The molecular weight excluding hydrogens is 452 g/mol. The van der Waals surface area contributed by atoms with Crippen molar-refractivity contribution in [1.82, 2.24) is 9.80 Å². The monoisotopic (exact) mass is 492 g/mol. The number of likely N-dealkylation sites (tertiary alicyclic amines) is 1. The number of hydrogen-bond donors (Lipinski definition) is 1. The van der Waals surface area contributed by atoms with E-state index in [0.717, 1.165) is 38.0 Å². The number of hydrogen-bond acceptors (Lipinski definition) is 5. The average Bonchev–Trinajstić information content (AvgIpc) is 3.14. The number of ketones is 1. The molecule has 0 bridgehead atoms. The summed E-state index contributed by atoms with van der Waals surface area (Å²) in [6.07, 6.45) is 1.65. The van der Waals surface area contributed by atoms with Gasteiger partial charge < -0.3 is 19.6 Å². The lowest BCUT2D eigenvalue weighted by molar-refractivity contribution is -0.140. The van der Waals surface area contributed by atoms with E-state index in [9.17, 15) is 14.7 Å². The molecule has 0 radical (unpaired) electrons. The lowest BCUT2D eigenvalue weighted by Crippen LogP contribution is -2.33. The number of benzene rings is 2. The predicted molar refractivity (Wildman–Crippen MR) is 144 cm³/mol. The Bertz CT molecular complexity index is 1050. The van der Waals surface area contributed by atoms with Crippen molar-refractivity contribution in [3.8, 4) is 5.75 Å². The van der Waals surface area contributed by atoms with Crippen LogP contribution in [-0.2, 0) is 9.59 Å². The number of amides is 1. The third-order valence-electron chi connectivity index (χ3n) is 6.83. The molecule has 2 aromatic rings. The van der Waals surface area contributed by atoms with Crippen LogP contribution in [0, 0.1) is 0 Å². The fourth-order valence-corrected chi connectivity index (χ4v) is 4.61. The maximum absolute atomic E-state index is 13.3. The van der Waals surface area contributed by atoms with Crippen LogP contribution in [0.15, 0.2) is 54.1 Å². The molecule has 0 spiro atoms. The van der Waals surface area contributed by atoms with Crippen LogP contribution >= 0.6 is 0 Å². The number of carbonyl (C=O) groups is 2. The maximum atomic E-state index is 13.3. The van der Waals surface area contributed by atoms with Crippen LogP contribution in [0.3, 0.4) is 0 Å². The van der Waals surface area contributed by atoms with E-state index < -0.39 is 17.7 Å². The van der Waals surface area contributed by atoms with Gasteiger partial charge in [0.05, 0.1) is 18.2 Å². The first-order valence-corrected chi connectivity index (χ1v) is 13.2. The van der Waals surface area contributed by atoms with Gasteiger partial charge in [0.1, 0.15) is 11.5 Å². The zero-order valence-electron chi connectivity index (χ0n) is 22.3. The van der Waals surface area contributed by atoms with Gasteiger partial charge in [0.25, 0.3) is 11.7 Å². The van der Waals surface area contributed by atoms with Crippen LogP contribution in [-0.4, -0.2) is 59.4 Å². The highest BCUT2D eigenvalue weighted by Gasteiger charge is 2.45. The molecule has 0 aromatic heterocycles. The normalized spacial score (nSPS) is 17.4. The van der Waals surface area contributed by atoms with Crippen LogP contribution in [0.5, 0.6) is 5.75 Å². The highest BCUT2D eigenvalue weighted by Crippen LogP contribution is 2.40. The molecule has 1 amide bonds. The van der Waals surface area contributed by atoms with Gasteiger partial charge in [-0.25, -0.2) is 0 Å². The van der Waals surface area contributed by atoms with E-state index in [2.05, 4.69) is 32.6 Å². The smallest absolute Gasteiger partial charge is 0.295 e. The number of rotatable bonds is 12. The number of aliphatic hydroxyl groups excluding tert-OH is 1. The summed E-state index contributed by atoms with van der Waals surface area (Å²) >= 11 is 0. The minimum atomic E-state index is -0.639. The van der Waals surface area contributed by atoms with Crippen molar-refractivity contribution in [3.05, 3.63) is 70.8 Å². The van der Waals surface area contributed by atoms with Crippen LogP contribution in [0.1, 0.15) is 76.1 Å². The van der Waals surface area contributed by atoms with Crippen molar-refractivity contribution < 1.29 is 19.4 Å². The molecule has 194 valence electrons. The van der Waals surface area contributed by atoms with Gasteiger partial charge in [-0.15, -0.1) is 0 Å². The van der Waals surface area contributed by atoms with Crippen molar-refractivity contribution in [1.29, 1.82) is 0 Å². The van der Waals surface area contributed by atoms with Gasteiger partial charge in [-0.1, -0.05) is 58.9 Å². The molecule has 1 aliphatic rings. The van der Waals surface area contributed by atoms with Crippen molar-refractivity contribution in [2.24, 2.45) is 0 Å². The topological polar surface area (TPSA) is 70.1 Å². The quantitative estimate of drug-likeness (QED) is 0.232. The summed E-state index contributed by atoms with van der Waals surface area (Å²) < 4.78 is 5.64. The van der Waals surface area contributed by atoms with E-state index in [0.29, 0.717) is 30.4 Å². The average molecular weight is 493 g/mol. The van der Waals surface area contributed by atoms with Crippen LogP contribution in [0.25, 0.3) is 5.76 Å². The molecule has 1 unspecified atom stereocenters. The Morgan fingerprint density at radius 1 is 1.00 bits per heavy atom. The third-order valence-corrected chi connectivity index (χ3v) is 6.83. The van der Waals surface area contributed by atoms with Gasteiger partial charge in [-0.3, -0.25) is 9.59 Å². The molecule has 3 rings (SSSR count). The lowest BCUT2D eigenvalue weighted by Gasteiger charge is -2.27. The second-order valence-electron chi connectivity index (χ2n) is 9.57. The summed E-state index contributed by atoms with van der Waals surface area (Å²) in [5.74, 6) is -0.282. The zero-order valence-corrected chi connectivity index (χ0v) is 22.3. The van der Waals surface area contributed by atoms with Crippen molar-refractivity contribution in [2.45, 2.75) is 59.4 Å². The van der Waals surface area contributed by atoms with Gasteiger partial charge >= 0.3 is 0 Å². The van der Waals surface area contributed by atoms with E-state index in [1.807, 2.05) is 31.2 Å². The molecule has 0 aliphatic carbocycles. The molecular formula is C30H40N2O4. The van der Waals surface area contributed by atoms with E-state index in [4.69, 9.17) is 4.74 Å². The van der Waals surface area contributed by atoms with Gasteiger partial charge in [-0.05, 0) is 73.8 Å². The van der Waals surface area contributed by atoms with Crippen molar-refractivity contribution in [3.63, 3.8) is 0 Å². The zero-order chi connectivity index (χ0) is 26.2. The molecule has 6 heteroatoms. The summed E-state index contributed by atoms with van der Waals surface area (Å²) in [7, 11) is 0. The summed E-state index contributed by atoms with van der Waals surface area (Å²) in [6, 6.07) is 14.4. The molecule has 1 N–H and O–H groups in total. The highest BCUT2D eigenvalue weighted by atomic mass is 16.5. The molecule has 1 aliphatic heterocycles. The molecule has 6 nitrogen and oxygen atoms in total. The molecule has 1 atom stereocenters. The Morgan fingerprint density at radius 3 is 2.19 bits per heavy atom. The summed E-state index contributed by atoms with van der Waals surface area (Å²) in [5, 5.41) is 11.3. The summed E-state index contributed by atoms with van der Waals surface area (Å²) in [5.41, 5.74) is 2.64. The van der Waals surface area contributed by atoms with Gasteiger partial charge in [0.15, 0.2) is 0 Å². The lowest BCUT2D eigenvalue weighted by atomic mass is 9.93. The van der Waals surface area contributed by atoms with Crippen molar-refractivity contribution >= 4 is 17.4 Å². The molecule has 2 aromatic carbocycles. The molecule has 1 heterocycles. The number of carbonyl (C=O) groups excluding carboxylic acids is 2. The van der Waals surface area contributed by atoms with Crippen LogP contribution < -0.4 is 4.74 Å². The molecule has 0 saturated carbocycles. The van der Waals surface area contributed by atoms with E-state index in [1.165, 1.54) is 5.56 Å². The third kappa shape index (κ3) is 6.16. The van der Waals surface area contributed by atoms with Crippen molar-refractivity contribution in [2.75, 3.05) is 32.8 Å². The molecule has 1 fully saturated rings. The Hall–Kier alpha value is -3.12. The maximum Gasteiger partial charge on any atom is 0.295 e. The van der Waals surface area contributed by atoms with Crippen LogP contribution in [0.2, 0.25) is 0 Å². The SMILES string of the molecule is CCCOc1ccc(C(O)=C2C(=O)C(=O)N(CCCN(CC)CC)C2c2ccc(C(C)C)cc2)cc1. The Morgan fingerprint density at radius 2 is 1.64 bits per heavy atom. The predicted octanol–water partition coefficient (Wildman–Crippen LogP) is 5.75. The first-order valence-electron chi connectivity index (χ1n) is 13.2. The minimum Gasteiger partial charge on any atom is -0.507 e. The fourth-order valence-electron chi connectivity index (χ4n) is 4.61. The van der Waals surface area contributed by atoms with E-state index in [-0.39, 0.29) is 11.3 Å². The summed E-state index contributed by atoms with van der Waals surface area (Å²) in [4.78, 5) is 30.4. The number of Topliss-reactive ketones (excluding diaryl/α,β-unsaturated/α-hetero) is 1. The van der Waals surface area contributed by atoms with Crippen LogP contribution in [0.4, 0.5) is 0 Å². The first kappa shape index (κ1) is 27.5. The Labute approximate surface area is 215 Å². The van der Waals surface area contributed by atoms with Gasteiger partial charge in [-0.2, -0.15) is 0 Å². The largest absolute Gasteiger partial charge is 0.507 e. The van der Waals surface area contributed by atoms with Gasteiger partial charge in [0, 0.05) is 12.1 Å². The second-order valence-corrected chi connectivity index (χ2v) is 9.57. The Balaban J connectivity index is 1.99. The first-order chi connectivity index (χ1) is 17.3. The van der Waals surface area contributed by atoms with E-state index in [1.54, 1.807) is 29.2 Å². The number of nitrogens with zero attached hydrogens (tertiary/aromatic N) is 2. The minimum absolute atomic E-state index is 0.141. The molecule has 36 heavy (non-hydrogen) atoms. The summed E-state index contributed by atoms with van der Waals surface area (Å²) in [6.45, 7) is 14.3. The van der Waals surface area contributed by atoms with E-state index >= 15 is 0 Å².